The fourth-order valence-corrected chi connectivity index (χ4v) is 3.37. The molecule has 4 rings (SSSR count). The highest BCUT2D eigenvalue weighted by Crippen LogP contribution is 2.27. The topological polar surface area (TPSA) is 45.2 Å². The predicted molar refractivity (Wildman–Crippen MR) is 101 cm³/mol. The van der Waals surface area contributed by atoms with Crippen molar-refractivity contribution >= 4 is 28.2 Å². The first-order chi connectivity index (χ1) is 12.7. The summed E-state index contributed by atoms with van der Waals surface area (Å²) in [6.07, 6.45) is 3.24. The Morgan fingerprint density at radius 1 is 1.00 bits per heavy atom. The van der Waals surface area contributed by atoms with Gasteiger partial charge in [-0.1, -0.05) is 24.3 Å². The smallest absolute Gasteiger partial charge is 0.272 e. The summed E-state index contributed by atoms with van der Waals surface area (Å²) in [6, 6.07) is 15.7. The van der Waals surface area contributed by atoms with Gasteiger partial charge in [0, 0.05) is 24.2 Å². The molecule has 1 aromatic heterocycles. The molecular weight excluding hydrogens is 329 g/mol. The molecule has 1 N–H and O–H groups in total. The van der Waals surface area contributed by atoms with E-state index >= 15 is 0 Å². The molecule has 0 saturated carbocycles. The Bertz CT molecular complexity index is 951. The number of amides is 1. The van der Waals surface area contributed by atoms with Gasteiger partial charge in [0.1, 0.15) is 11.5 Å². The highest BCUT2D eigenvalue weighted by atomic mass is 19.1. The Hall–Kier alpha value is -2.95. The number of carbonyl (C=O) groups excluding carboxylic acids is 1. The van der Waals surface area contributed by atoms with Crippen molar-refractivity contribution in [3.8, 4) is 0 Å². The molecule has 5 heteroatoms. The number of hydrogen-bond acceptors (Lipinski definition) is 3. The van der Waals surface area contributed by atoms with E-state index in [2.05, 4.69) is 10.3 Å². The zero-order chi connectivity index (χ0) is 17.9. The van der Waals surface area contributed by atoms with Crippen molar-refractivity contribution in [2.75, 3.05) is 18.4 Å². The Kier molecular flexibility index (Phi) is 4.52. The van der Waals surface area contributed by atoms with E-state index in [9.17, 15) is 9.18 Å². The van der Waals surface area contributed by atoms with Crippen LogP contribution in [0.4, 0.5) is 15.8 Å². The van der Waals surface area contributed by atoms with Crippen molar-refractivity contribution < 1.29 is 9.18 Å². The van der Waals surface area contributed by atoms with Crippen molar-refractivity contribution in [3.05, 3.63) is 66.1 Å². The molecule has 1 aliphatic heterocycles. The second-order valence-electron chi connectivity index (χ2n) is 6.56. The number of rotatable bonds is 3. The largest absolute Gasteiger partial charge is 0.355 e. The normalized spacial score (nSPS) is 14.4. The average molecular weight is 349 g/mol. The fourth-order valence-electron chi connectivity index (χ4n) is 3.37. The molecule has 1 aliphatic rings. The number of likely N-dealkylation sites (tertiary alicyclic amines) is 1. The summed E-state index contributed by atoms with van der Waals surface area (Å²) in [5.41, 5.74) is 2.55. The van der Waals surface area contributed by atoms with Crippen LogP contribution in [0.5, 0.6) is 0 Å². The standard InChI is InChI=1S/C21H20FN3O/c22-15-7-6-8-16(13-15)23-19-14-20(21(26)25-11-4-1-5-12-25)24-18-10-3-2-9-17(18)19/h2-3,6-10,13-14H,1,4-5,11-12H2,(H,23,24). The molecule has 0 bridgehead atoms. The van der Waals surface area contributed by atoms with Gasteiger partial charge in [-0.25, -0.2) is 9.37 Å². The third-order valence-corrected chi connectivity index (χ3v) is 4.68. The number of aromatic nitrogens is 1. The van der Waals surface area contributed by atoms with Crippen molar-refractivity contribution in [1.82, 2.24) is 9.88 Å². The van der Waals surface area contributed by atoms with E-state index in [0.29, 0.717) is 11.4 Å². The second-order valence-corrected chi connectivity index (χ2v) is 6.56. The zero-order valence-electron chi connectivity index (χ0n) is 14.4. The summed E-state index contributed by atoms with van der Waals surface area (Å²) in [4.78, 5) is 19.3. The Labute approximate surface area is 151 Å². The molecule has 0 spiro atoms. The van der Waals surface area contributed by atoms with Gasteiger partial charge in [0.05, 0.1) is 11.2 Å². The van der Waals surface area contributed by atoms with Crippen LogP contribution in [0.1, 0.15) is 29.8 Å². The molecule has 1 saturated heterocycles. The van der Waals surface area contributed by atoms with Gasteiger partial charge in [-0.05, 0) is 49.6 Å². The van der Waals surface area contributed by atoms with Crippen LogP contribution in [0.25, 0.3) is 10.9 Å². The molecule has 132 valence electrons. The van der Waals surface area contributed by atoms with Gasteiger partial charge < -0.3 is 10.2 Å². The fraction of sp³-hybridized carbons (Fsp3) is 0.238. The summed E-state index contributed by atoms with van der Waals surface area (Å²) in [7, 11) is 0. The van der Waals surface area contributed by atoms with E-state index in [-0.39, 0.29) is 11.7 Å². The van der Waals surface area contributed by atoms with Gasteiger partial charge in [-0.15, -0.1) is 0 Å². The van der Waals surface area contributed by atoms with E-state index in [0.717, 1.165) is 42.5 Å². The number of para-hydroxylation sites is 1. The minimum Gasteiger partial charge on any atom is -0.355 e. The summed E-state index contributed by atoms with van der Waals surface area (Å²) in [5, 5.41) is 4.13. The van der Waals surface area contributed by atoms with Gasteiger partial charge in [0.15, 0.2) is 0 Å². The molecular formula is C21H20FN3O. The lowest BCUT2D eigenvalue weighted by Gasteiger charge is -2.26. The van der Waals surface area contributed by atoms with Crippen LogP contribution in [-0.4, -0.2) is 28.9 Å². The molecule has 0 atom stereocenters. The van der Waals surface area contributed by atoms with E-state index in [4.69, 9.17) is 0 Å². The number of fused-ring (bicyclic) bond motifs is 1. The Balaban J connectivity index is 1.74. The summed E-state index contributed by atoms with van der Waals surface area (Å²) >= 11 is 0. The minimum absolute atomic E-state index is 0.0438. The zero-order valence-corrected chi connectivity index (χ0v) is 14.4. The average Bonchev–Trinajstić information content (AvgIpc) is 2.68. The number of nitrogens with zero attached hydrogens (tertiary/aromatic N) is 2. The summed E-state index contributed by atoms with van der Waals surface area (Å²) < 4.78 is 13.5. The van der Waals surface area contributed by atoms with Crippen molar-refractivity contribution in [3.63, 3.8) is 0 Å². The number of carbonyl (C=O) groups is 1. The van der Waals surface area contributed by atoms with Crippen molar-refractivity contribution in [1.29, 1.82) is 0 Å². The Morgan fingerprint density at radius 3 is 2.62 bits per heavy atom. The lowest BCUT2D eigenvalue weighted by molar-refractivity contribution is 0.0719. The maximum Gasteiger partial charge on any atom is 0.272 e. The SMILES string of the molecule is O=C(c1cc(Nc2cccc(F)c2)c2ccccc2n1)N1CCCCC1. The third-order valence-electron chi connectivity index (χ3n) is 4.68. The minimum atomic E-state index is -0.307. The van der Waals surface area contributed by atoms with Crippen LogP contribution in [0.3, 0.4) is 0 Å². The van der Waals surface area contributed by atoms with Crippen LogP contribution in [0.15, 0.2) is 54.6 Å². The number of nitrogens with one attached hydrogen (secondary N) is 1. The number of piperidine rings is 1. The quantitative estimate of drug-likeness (QED) is 0.742. The van der Waals surface area contributed by atoms with Crippen molar-refractivity contribution in [2.24, 2.45) is 0 Å². The highest BCUT2D eigenvalue weighted by molar-refractivity contribution is 6.00. The molecule has 2 aromatic carbocycles. The van der Waals surface area contributed by atoms with Gasteiger partial charge in [-0.3, -0.25) is 4.79 Å². The number of benzene rings is 2. The van der Waals surface area contributed by atoms with E-state index in [1.165, 1.54) is 18.6 Å². The van der Waals surface area contributed by atoms with Gasteiger partial charge in [0.2, 0.25) is 0 Å². The number of anilines is 2. The summed E-state index contributed by atoms with van der Waals surface area (Å²) in [5.74, 6) is -0.351. The molecule has 1 amide bonds. The lowest BCUT2D eigenvalue weighted by Crippen LogP contribution is -2.36. The maximum absolute atomic E-state index is 13.5. The number of halogens is 1. The summed E-state index contributed by atoms with van der Waals surface area (Å²) in [6.45, 7) is 1.56. The highest BCUT2D eigenvalue weighted by Gasteiger charge is 2.20. The lowest BCUT2D eigenvalue weighted by atomic mass is 10.1. The van der Waals surface area contributed by atoms with Crippen LogP contribution in [0.2, 0.25) is 0 Å². The third kappa shape index (κ3) is 3.38. The molecule has 0 aliphatic carbocycles. The van der Waals surface area contributed by atoms with Gasteiger partial charge in [0.25, 0.3) is 5.91 Å². The monoisotopic (exact) mass is 349 g/mol. The molecule has 4 nitrogen and oxygen atoms in total. The Morgan fingerprint density at radius 2 is 1.81 bits per heavy atom. The molecule has 2 heterocycles. The molecule has 26 heavy (non-hydrogen) atoms. The molecule has 3 aromatic rings. The molecule has 0 unspecified atom stereocenters. The first kappa shape index (κ1) is 16.5. The van der Waals surface area contributed by atoms with E-state index in [1.807, 2.05) is 29.2 Å². The number of hydrogen-bond donors (Lipinski definition) is 1. The molecule has 0 radical (unpaired) electrons. The molecule has 1 fully saturated rings. The van der Waals surface area contributed by atoms with Crippen LogP contribution in [0, 0.1) is 5.82 Å². The maximum atomic E-state index is 13.5. The first-order valence-electron chi connectivity index (χ1n) is 8.92. The predicted octanol–water partition coefficient (Wildman–Crippen LogP) is 4.74. The second kappa shape index (κ2) is 7.12. The van der Waals surface area contributed by atoms with E-state index < -0.39 is 0 Å². The van der Waals surface area contributed by atoms with Gasteiger partial charge in [-0.2, -0.15) is 0 Å². The van der Waals surface area contributed by atoms with Crippen LogP contribution in [-0.2, 0) is 0 Å². The van der Waals surface area contributed by atoms with Crippen LogP contribution >= 0.6 is 0 Å². The number of pyridine rings is 1. The first-order valence-corrected chi connectivity index (χ1v) is 8.92. The van der Waals surface area contributed by atoms with Gasteiger partial charge >= 0.3 is 0 Å². The van der Waals surface area contributed by atoms with Crippen molar-refractivity contribution in [2.45, 2.75) is 19.3 Å². The van der Waals surface area contributed by atoms with Crippen LogP contribution < -0.4 is 5.32 Å². The van der Waals surface area contributed by atoms with E-state index in [1.54, 1.807) is 18.2 Å².